The SMILES string of the molecule is CC(C)(C)OC(=O)N1CCC(Nc2ccc3c(cnn3COCC[Si](C)(C)C)c2)(C(N)=O)CC1. The van der Waals surface area contributed by atoms with Crippen LogP contribution in [0.25, 0.3) is 10.9 Å². The minimum atomic E-state index is -1.13. The maximum absolute atomic E-state index is 12.5. The van der Waals surface area contributed by atoms with Gasteiger partial charge >= 0.3 is 6.09 Å². The van der Waals surface area contributed by atoms with Crippen LogP contribution >= 0.6 is 0 Å². The molecule has 0 bridgehead atoms. The van der Waals surface area contributed by atoms with Gasteiger partial charge in [-0.15, -0.1) is 0 Å². The predicted octanol–water partition coefficient (Wildman–Crippen LogP) is 4.02. The van der Waals surface area contributed by atoms with E-state index in [-0.39, 0.29) is 6.09 Å². The van der Waals surface area contributed by atoms with Gasteiger partial charge in [-0.1, -0.05) is 19.6 Å². The van der Waals surface area contributed by atoms with Crippen LogP contribution in [0.5, 0.6) is 0 Å². The van der Waals surface area contributed by atoms with Crippen molar-refractivity contribution in [3.8, 4) is 0 Å². The third kappa shape index (κ3) is 6.72. The van der Waals surface area contributed by atoms with Crippen LogP contribution in [0.1, 0.15) is 33.6 Å². The molecule has 3 rings (SSSR count). The first kappa shape index (κ1) is 26.0. The first-order valence-corrected chi connectivity index (χ1v) is 15.6. The highest BCUT2D eigenvalue weighted by molar-refractivity contribution is 6.76. The Kier molecular flexibility index (Phi) is 7.61. The molecule has 34 heavy (non-hydrogen) atoms. The number of fused-ring (bicyclic) bond motifs is 1. The maximum atomic E-state index is 12.5. The Labute approximate surface area is 202 Å². The van der Waals surface area contributed by atoms with Gasteiger partial charge < -0.3 is 25.4 Å². The lowest BCUT2D eigenvalue weighted by atomic mass is 9.86. The molecule has 1 saturated heterocycles. The molecular formula is C24H39N5O4Si. The lowest BCUT2D eigenvalue weighted by molar-refractivity contribution is -0.123. The number of aromatic nitrogens is 2. The molecule has 1 fully saturated rings. The number of hydrogen-bond acceptors (Lipinski definition) is 6. The topological polar surface area (TPSA) is 112 Å². The van der Waals surface area contributed by atoms with E-state index in [0.717, 1.165) is 29.2 Å². The summed E-state index contributed by atoms with van der Waals surface area (Å²) in [5.41, 5.74) is 6.08. The van der Waals surface area contributed by atoms with Crippen molar-refractivity contribution in [3.05, 3.63) is 24.4 Å². The zero-order valence-corrected chi connectivity index (χ0v) is 22.3. The largest absolute Gasteiger partial charge is 0.444 e. The summed E-state index contributed by atoms with van der Waals surface area (Å²) < 4.78 is 13.1. The average molecular weight is 490 g/mol. The van der Waals surface area contributed by atoms with E-state index < -0.39 is 25.1 Å². The molecule has 1 aliphatic rings. The number of amides is 2. The van der Waals surface area contributed by atoms with Crippen molar-refractivity contribution in [1.82, 2.24) is 14.7 Å². The van der Waals surface area contributed by atoms with Crippen molar-refractivity contribution in [2.24, 2.45) is 5.73 Å². The summed E-state index contributed by atoms with van der Waals surface area (Å²) in [7, 11) is -1.13. The zero-order valence-electron chi connectivity index (χ0n) is 21.3. The Balaban J connectivity index is 1.65. The van der Waals surface area contributed by atoms with E-state index in [0.29, 0.717) is 32.7 Å². The number of carbonyl (C=O) groups is 2. The summed E-state index contributed by atoms with van der Waals surface area (Å²) in [6.07, 6.45) is 2.24. The first-order valence-electron chi connectivity index (χ1n) is 11.9. The van der Waals surface area contributed by atoms with Gasteiger partial charge in [0, 0.05) is 38.8 Å². The Morgan fingerprint density at radius 1 is 1.21 bits per heavy atom. The molecule has 2 heterocycles. The van der Waals surface area contributed by atoms with Crippen LogP contribution in [0.2, 0.25) is 25.7 Å². The Bertz CT molecular complexity index is 1020. The lowest BCUT2D eigenvalue weighted by Crippen LogP contribution is -2.58. The van der Waals surface area contributed by atoms with Crippen molar-refractivity contribution in [2.75, 3.05) is 25.0 Å². The molecule has 0 unspecified atom stereocenters. The highest BCUT2D eigenvalue weighted by atomic mass is 28.3. The van der Waals surface area contributed by atoms with Crippen molar-refractivity contribution in [2.45, 2.75) is 77.2 Å². The molecule has 0 atom stereocenters. The van der Waals surface area contributed by atoms with Gasteiger partial charge in [-0.05, 0) is 57.9 Å². The number of benzene rings is 1. The number of primary amides is 1. The number of rotatable bonds is 8. The van der Waals surface area contributed by atoms with Crippen molar-refractivity contribution in [3.63, 3.8) is 0 Å². The number of likely N-dealkylation sites (tertiary alicyclic amines) is 1. The van der Waals surface area contributed by atoms with Crippen LogP contribution in [0.15, 0.2) is 24.4 Å². The predicted molar refractivity (Wildman–Crippen MR) is 136 cm³/mol. The lowest BCUT2D eigenvalue weighted by Gasteiger charge is -2.41. The molecular weight excluding hydrogens is 450 g/mol. The molecule has 1 aromatic carbocycles. The maximum Gasteiger partial charge on any atom is 0.410 e. The van der Waals surface area contributed by atoms with E-state index in [9.17, 15) is 9.59 Å². The van der Waals surface area contributed by atoms with Crippen molar-refractivity contribution in [1.29, 1.82) is 0 Å². The second-order valence-electron chi connectivity index (χ2n) is 11.3. The zero-order chi connectivity index (χ0) is 25.1. The van der Waals surface area contributed by atoms with Crippen LogP contribution in [-0.4, -0.2) is 65.6 Å². The number of ether oxygens (including phenoxy) is 2. The number of nitrogens with one attached hydrogen (secondary N) is 1. The van der Waals surface area contributed by atoms with Crippen LogP contribution in [0, 0.1) is 0 Å². The number of carbonyl (C=O) groups excluding carboxylic acids is 2. The van der Waals surface area contributed by atoms with Crippen LogP contribution in [-0.2, 0) is 21.0 Å². The third-order valence-corrected chi connectivity index (χ3v) is 7.68. The summed E-state index contributed by atoms with van der Waals surface area (Å²) in [6.45, 7) is 14.4. The summed E-state index contributed by atoms with van der Waals surface area (Å²) in [4.78, 5) is 26.5. The van der Waals surface area contributed by atoms with Crippen molar-refractivity contribution >= 4 is 36.7 Å². The number of nitrogens with two attached hydrogens (primary N) is 1. The van der Waals surface area contributed by atoms with E-state index in [4.69, 9.17) is 15.2 Å². The summed E-state index contributed by atoms with van der Waals surface area (Å²) >= 11 is 0. The van der Waals surface area contributed by atoms with Gasteiger partial charge in [0.05, 0.1) is 11.7 Å². The average Bonchev–Trinajstić information content (AvgIpc) is 3.12. The molecule has 0 spiro atoms. The second kappa shape index (κ2) is 9.95. The van der Waals surface area contributed by atoms with Gasteiger partial charge in [0.25, 0.3) is 0 Å². The van der Waals surface area contributed by atoms with E-state index in [1.54, 1.807) is 11.1 Å². The smallest absolute Gasteiger partial charge is 0.410 e. The summed E-state index contributed by atoms with van der Waals surface area (Å²) in [5, 5.41) is 8.76. The molecule has 9 nitrogen and oxygen atoms in total. The monoisotopic (exact) mass is 489 g/mol. The summed E-state index contributed by atoms with van der Waals surface area (Å²) in [6, 6.07) is 6.97. The quantitative estimate of drug-likeness (QED) is 0.428. The second-order valence-corrected chi connectivity index (χ2v) is 16.9. The fourth-order valence-electron chi connectivity index (χ4n) is 3.90. The molecule has 0 radical (unpaired) electrons. The van der Waals surface area contributed by atoms with Gasteiger partial charge in [0.15, 0.2) is 0 Å². The highest BCUT2D eigenvalue weighted by Crippen LogP contribution is 2.29. The Morgan fingerprint density at radius 3 is 2.47 bits per heavy atom. The molecule has 10 heteroatoms. The van der Waals surface area contributed by atoms with Crippen LogP contribution in [0.4, 0.5) is 10.5 Å². The minimum Gasteiger partial charge on any atom is -0.444 e. The van der Waals surface area contributed by atoms with Gasteiger partial charge in [-0.3, -0.25) is 4.79 Å². The fraction of sp³-hybridized carbons (Fsp3) is 0.625. The molecule has 3 N–H and O–H groups in total. The van der Waals surface area contributed by atoms with E-state index >= 15 is 0 Å². The molecule has 188 valence electrons. The molecule has 0 saturated carbocycles. The number of anilines is 1. The number of hydrogen-bond donors (Lipinski definition) is 2. The third-order valence-electron chi connectivity index (χ3n) is 5.98. The van der Waals surface area contributed by atoms with E-state index in [1.165, 1.54) is 0 Å². The van der Waals surface area contributed by atoms with Crippen LogP contribution in [0.3, 0.4) is 0 Å². The molecule has 1 aliphatic heterocycles. The summed E-state index contributed by atoms with van der Waals surface area (Å²) in [5.74, 6) is -0.428. The fourth-order valence-corrected chi connectivity index (χ4v) is 4.66. The molecule has 2 amide bonds. The van der Waals surface area contributed by atoms with E-state index in [2.05, 4.69) is 30.1 Å². The van der Waals surface area contributed by atoms with Gasteiger partial charge in [0.1, 0.15) is 17.9 Å². The number of piperidine rings is 1. The first-order chi connectivity index (χ1) is 15.8. The minimum absolute atomic E-state index is 0.369. The van der Waals surface area contributed by atoms with Crippen molar-refractivity contribution < 1.29 is 19.1 Å². The van der Waals surface area contributed by atoms with Gasteiger partial charge in [-0.2, -0.15) is 5.10 Å². The molecule has 0 aliphatic carbocycles. The Hall–Kier alpha value is -2.59. The highest BCUT2D eigenvalue weighted by Gasteiger charge is 2.41. The Morgan fingerprint density at radius 2 is 1.88 bits per heavy atom. The van der Waals surface area contributed by atoms with Gasteiger partial charge in [0.2, 0.25) is 5.91 Å². The molecule has 1 aromatic heterocycles. The van der Waals surface area contributed by atoms with Gasteiger partial charge in [-0.25, -0.2) is 9.48 Å². The van der Waals surface area contributed by atoms with E-state index in [1.807, 2.05) is 43.7 Å². The standard InChI is InChI=1S/C24H39N5O4Si/c1-23(2,3)33-22(31)28-11-9-24(10-12-28,21(25)30)27-19-7-8-20-18(15-19)16-26-29(20)17-32-13-14-34(4,5)6/h7-8,15-16,27H,9-14,17H2,1-6H3,(H2,25,30). The molecule has 2 aromatic rings. The number of nitrogens with zero attached hydrogens (tertiary/aromatic N) is 3. The normalized spacial score (nSPS) is 16.5. The van der Waals surface area contributed by atoms with Crippen LogP contribution < -0.4 is 11.1 Å².